The maximum Gasteiger partial charge on any atom is 0.325 e. The molecule has 5 N–H and O–H groups in total. The Labute approximate surface area is 169 Å². The molecule has 0 aromatic carbocycles. The van der Waals surface area contributed by atoms with Crippen LogP contribution in [0.15, 0.2) is 15.8 Å². The Hall–Kier alpha value is -2.42. The lowest BCUT2D eigenvalue weighted by atomic mass is 9.97. The summed E-state index contributed by atoms with van der Waals surface area (Å²) in [7, 11) is 0. The minimum atomic E-state index is -1.17. The van der Waals surface area contributed by atoms with Crippen molar-refractivity contribution in [3.63, 3.8) is 0 Å². The molecule has 9 heteroatoms. The molecule has 1 heterocycles. The molecule has 2 amide bonds. The average molecular weight is 408 g/mol. The van der Waals surface area contributed by atoms with Crippen LogP contribution in [-0.2, 0) is 4.79 Å². The summed E-state index contributed by atoms with van der Waals surface area (Å²) < 4.78 is 0. The van der Waals surface area contributed by atoms with Crippen LogP contribution in [0.4, 0.5) is 0 Å². The first-order valence-corrected chi connectivity index (χ1v) is 10.6. The van der Waals surface area contributed by atoms with Gasteiger partial charge < -0.3 is 20.7 Å². The number of carbonyl (C=O) groups is 2. The molecule has 1 aliphatic rings. The van der Waals surface area contributed by atoms with Crippen LogP contribution in [0.3, 0.4) is 0 Å². The Balaban J connectivity index is 1.94. The summed E-state index contributed by atoms with van der Waals surface area (Å²) in [6.07, 6.45) is 13.3. The van der Waals surface area contributed by atoms with Gasteiger partial charge in [-0.1, -0.05) is 57.8 Å². The molecule has 162 valence electrons. The third-order valence-electron chi connectivity index (χ3n) is 5.32. The van der Waals surface area contributed by atoms with Crippen LogP contribution < -0.4 is 21.9 Å². The zero-order chi connectivity index (χ0) is 21.1. The van der Waals surface area contributed by atoms with E-state index in [4.69, 9.17) is 0 Å². The average Bonchev–Trinajstić information content (AvgIpc) is 2.67. The first-order valence-electron chi connectivity index (χ1n) is 10.6. The van der Waals surface area contributed by atoms with Crippen molar-refractivity contribution < 1.29 is 14.7 Å². The molecule has 0 radical (unpaired) electrons. The fraction of sp³-hybridized carbons (Fsp3) is 0.700. The quantitative estimate of drug-likeness (QED) is 0.492. The third-order valence-corrected chi connectivity index (χ3v) is 5.32. The number of aromatic amines is 2. The predicted molar refractivity (Wildman–Crippen MR) is 109 cm³/mol. The van der Waals surface area contributed by atoms with Gasteiger partial charge in [-0.3, -0.25) is 19.4 Å². The standard InChI is InChI=1S/C20H32N4O5/c25-13-16(23-17(26)15-12-21-20(29)24-18(15)27)19(28)22-14-10-8-6-4-2-1-3-5-7-9-11-14/h12,14,16,25H,1-11,13H2,(H,22,28)(H,23,26)(H2,21,24,27,29). The molecule has 1 fully saturated rings. The summed E-state index contributed by atoms with van der Waals surface area (Å²) in [4.78, 5) is 51.8. The van der Waals surface area contributed by atoms with Crippen molar-refractivity contribution in [2.45, 2.75) is 82.7 Å². The van der Waals surface area contributed by atoms with E-state index >= 15 is 0 Å². The summed E-state index contributed by atoms with van der Waals surface area (Å²) in [5, 5.41) is 14.9. The highest BCUT2D eigenvalue weighted by Gasteiger charge is 2.24. The van der Waals surface area contributed by atoms with Gasteiger partial charge in [-0.2, -0.15) is 0 Å². The van der Waals surface area contributed by atoms with E-state index in [0.29, 0.717) is 0 Å². The summed E-state index contributed by atoms with van der Waals surface area (Å²) in [5.74, 6) is -1.31. The Morgan fingerprint density at radius 1 is 1.00 bits per heavy atom. The minimum Gasteiger partial charge on any atom is -0.394 e. The molecule has 29 heavy (non-hydrogen) atoms. The zero-order valence-electron chi connectivity index (χ0n) is 16.8. The number of hydrogen-bond acceptors (Lipinski definition) is 5. The highest BCUT2D eigenvalue weighted by molar-refractivity contribution is 5.97. The molecule has 0 bridgehead atoms. The zero-order valence-corrected chi connectivity index (χ0v) is 16.8. The highest BCUT2D eigenvalue weighted by atomic mass is 16.3. The van der Waals surface area contributed by atoms with E-state index in [-0.39, 0.29) is 11.6 Å². The fourth-order valence-corrected chi connectivity index (χ4v) is 3.62. The molecule has 1 saturated carbocycles. The van der Waals surface area contributed by atoms with Crippen LogP contribution in [0.1, 0.15) is 81.0 Å². The molecule has 0 spiro atoms. The van der Waals surface area contributed by atoms with E-state index < -0.39 is 35.7 Å². The number of aliphatic hydroxyl groups excluding tert-OH is 1. The topological polar surface area (TPSA) is 144 Å². The molecular weight excluding hydrogens is 376 g/mol. The number of aliphatic hydroxyl groups is 1. The smallest absolute Gasteiger partial charge is 0.325 e. The Morgan fingerprint density at radius 2 is 1.55 bits per heavy atom. The summed E-state index contributed by atoms with van der Waals surface area (Å²) in [5.41, 5.74) is -1.92. The summed E-state index contributed by atoms with van der Waals surface area (Å²) >= 11 is 0. The van der Waals surface area contributed by atoms with Crippen molar-refractivity contribution in [2.75, 3.05) is 6.61 Å². The van der Waals surface area contributed by atoms with Crippen molar-refractivity contribution in [3.05, 3.63) is 32.6 Å². The van der Waals surface area contributed by atoms with Crippen LogP contribution in [0.5, 0.6) is 0 Å². The molecule has 1 aromatic heterocycles. The van der Waals surface area contributed by atoms with Gasteiger partial charge in [-0.15, -0.1) is 0 Å². The molecular formula is C20H32N4O5. The van der Waals surface area contributed by atoms with E-state index in [1.54, 1.807) is 0 Å². The van der Waals surface area contributed by atoms with Gasteiger partial charge in [0.25, 0.3) is 11.5 Å². The van der Waals surface area contributed by atoms with Gasteiger partial charge >= 0.3 is 5.69 Å². The van der Waals surface area contributed by atoms with Gasteiger partial charge in [0.2, 0.25) is 5.91 Å². The van der Waals surface area contributed by atoms with Gasteiger partial charge in [0.15, 0.2) is 0 Å². The van der Waals surface area contributed by atoms with Crippen LogP contribution >= 0.6 is 0 Å². The summed E-state index contributed by atoms with van der Waals surface area (Å²) in [6.45, 7) is -0.592. The lowest BCUT2D eigenvalue weighted by molar-refractivity contribution is -0.124. The minimum absolute atomic E-state index is 0.00404. The lowest BCUT2D eigenvalue weighted by Gasteiger charge is -2.23. The predicted octanol–water partition coefficient (Wildman–Crippen LogP) is 0.943. The third kappa shape index (κ3) is 7.84. The van der Waals surface area contributed by atoms with Crippen molar-refractivity contribution in [1.29, 1.82) is 0 Å². The van der Waals surface area contributed by atoms with Gasteiger partial charge in [0.1, 0.15) is 11.6 Å². The largest absolute Gasteiger partial charge is 0.394 e. The van der Waals surface area contributed by atoms with E-state index in [1.165, 1.54) is 32.1 Å². The van der Waals surface area contributed by atoms with Crippen LogP contribution in [0.2, 0.25) is 0 Å². The van der Waals surface area contributed by atoms with Gasteiger partial charge in [0.05, 0.1) is 6.61 Å². The van der Waals surface area contributed by atoms with E-state index in [1.807, 2.05) is 4.98 Å². The summed E-state index contributed by atoms with van der Waals surface area (Å²) in [6, 6.07) is -1.17. The lowest BCUT2D eigenvalue weighted by Crippen LogP contribution is -2.52. The number of amides is 2. The van der Waals surface area contributed by atoms with Crippen LogP contribution in [0, 0.1) is 0 Å². The van der Waals surface area contributed by atoms with Gasteiger partial charge in [-0.05, 0) is 12.8 Å². The van der Waals surface area contributed by atoms with E-state index in [9.17, 15) is 24.3 Å². The second-order valence-corrected chi connectivity index (χ2v) is 7.66. The SMILES string of the molecule is O=C(NC(CO)C(=O)NC1CCCCCCCCCCC1)c1c[nH]c(=O)[nH]c1=O. The number of carbonyl (C=O) groups excluding carboxylic acids is 2. The number of rotatable bonds is 5. The van der Waals surface area contributed by atoms with Crippen LogP contribution in [-0.4, -0.2) is 45.6 Å². The number of nitrogens with one attached hydrogen (secondary N) is 4. The second-order valence-electron chi connectivity index (χ2n) is 7.66. The van der Waals surface area contributed by atoms with E-state index in [0.717, 1.165) is 44.7 Å². The highest BCUT2D eigenvalue weighted by Crippen LogP contribution is 2.17. The van der Waals surface area contributed by atoms with Crippen molar-refractivity contribution in [1.82, 2.24) is 20.6 Å². The second kappa shape index (κ2) is 12.2. The Bertz CT molecular complexity index is 761. The van der Waals surface area contributed by atoms with Crippen LogP contribution in [0.25, 0.3) is 0 Å². The number of aromatic nitrogens is 2. The number of hydrogen-bond donors (Lipinski definition) is 5. The maximum atomic E-state index is 12.6. The monoisotopic (exact) mass is 408 g/mol. The first-order chi connectivity index (χ1) is 14.0. The molecule has 1 atom stereocenters. The maximum absolute atomic E-state index is 12.6. The number of H-pyrrole nitrogens is 2. The van der Waals surface area contributed by atoms with Gasteiger partial charge in [-0.25, -0.2) is 4.79 Å². The molecule has 0 aliphatic heterocycles. The first kappa shape index (κ1) is 22.9. The van der Waals surface area contributed by atoms with Crippen molar-refractivity contribution in [2.24, 2.45) is 0 Å². The molecule has 2 rings (SSSR count). The van der Waals surface area contributed by atoms with Crippen molar-refractivity contribution in [3.8, 4) is 0 Å². The Kier molecular flexibility index (Phi) is 9.63. The van der Waals surface area contributed by atoms with E-state index in [2.05, 4.69) is 15.6 Å². The molecule has 9 nitrogen and oxygen atoms in total. The molecule has 1 aromatic rings. The van der Waals surface area contributed by atoms with Crippen molar-refractivity contribution >= 4 is 11.8 Å². The fourth-order valence-electron chi connectivity index (χ4n) is 3.62. The Morgan fingerprint density at radius 3 is 2.07 bits per heavy atom. The normalized spacial score (nSPS) is 18.1. The molecule has 1 aliphatic carbocycles. The molecule has 0 saturated heterocycles. The van der Waals surface area contributed by atoms with Gasteiger partial charge in [0, 0.05) is 12.2 Å². The molecule has 1 unspecified atom stereocenters.